The van der Waals surface area contributed by atoms with E-state index in [9.17, 15) is 4.79 Å². The van der Waals surface area contributed by atoms with Crippen LogP contribution in [0.3, 0.4) is 0 Å². The number of aromatic nitrogens is 5. The van der Waals surface area contributed by atoms with Crippen LogP contribution in [0.15, 0.2) is 29.1 Å². The van der Waals surface area contributed by atoms with Gasteiger partial charge in [0.05, 0.1) is 37.4 Å². The number of morpholine rings is 1. The zero-order valence-electron chi connectivity index (χ0n) is 16.1. The molecule has 28 heavy (non-hydrogen) atoms. The van der Waals surface area contributed by atoms with Crippen LogP contribution in [0, 0.1) is 6.92 Å². The van der Waals surface area contributed by atoms with E-state index in [0.29, 0.717) is 37.8 Å². The number of hydrogen-bond donors (Lipinski definition) is 2. The smallest absolute Gasteiger partial charge is 0.258 e. The largest absolute Gasteiger partial charge is 0.383 e. The molecule has 9 heteroatoms. The Morgan fingerprint density at radius 3 is 2.96 bits per heavy atom. The van der Waals surface area contributed by atoms with Gasteiger partial charge in [0.15, 0.2) is 6.04 Å². The molecule has 4 rings (SSSR count). The molecule has 0 aliphatic carbocycles. The second-order valence-electron chi connectivity index (χ2n) is 7.05. The molecule has 1 saturated heterocycles. The van der Waals surface area contributed by atoms with Crippen molar-refractivity contribution in [3.05, 3.63) is 51.6 Å². The van der Waals surface area contributed by atoms with Crippen molar-refractivity contribution >= 4 is 10.9 Å². The first-order valence-electron chi connectivity index (χ1n) is 9.49. The van der Waals surface area contributed by atoms with E-state index in [0.717, 1.165) is 29.6 Å². The minimum atomic E-state index is -0.274. The third-order valence-corrected chi connectivity index (χ3v) is 5.30. The molecular formula is C19H25N6O3+. The third kappa shape index (κ3) is 3.56. The lowest BCUT2D eigenvalue weighted by molar-refractivity contribution is -0.933. The van der Waals surface area contributed by atoms with Crippen LogP contribution < -0.4 is 10.5 Å². The molecular weight excluding hydrogens is 360 g/mol. The quantitative estimate of drug-likeness (QED) is 0.592. The zero-order chi connectivity index (χ0) is 19.5. The highest BCUT2D eigenvalue weighted by atomic mass is 16.5. The molecule has 148 valence electrons. The van der Waals surface area contributed by atoms with Gasteiger partial charge in [-0.2, -0.15) is 0 Å². The molecule has 2 N–H and O–H groups in total. The fraction of sp³-hybridized carbons (Fsp3) is 0.474. The predicted molar refractivity (Wildman–Crippen MR) is 102 cm³/mol. The molecule has 0 unspecified atom stereocenters. The highest BCUT2D eigenvalue weighted by Crippen LogP contribution is 2.20. The number of nitrogens with zero attached hydrogens (tertiary/aromatic N) is 4. The van der Waals surface area contributed by atoms with Gasteiger partial charge in [-0.3, -0.25) is 4.79 Å². The van der Waals surface area contributed by atoms with E-state index in [1.165, 1.54) is 4.90 Å². The van der Waals surface area contributed by atoms with Crippen molar-refractivity contribution < 1.29 is 14.4 Å². The van der Waals surface area contributed by atoms with Gasteiger partial charge in [-0.15, -0.1) is 5.10 Å². The predicted octanol–water partition coefficient (Wildman–Crippen LogP) is -0.526. The Bertz CT molecular complexity index is 1010. The number of tetrazole rings is 1. The number of quaternary nitrogens is 1. The standard InChI is InChI=1S/C19H24N6O3/c1-13-4-3-5-14-12-15(19(26)20-16(13)14)17(24-6-10-28-11-7-24)18-21-22-23-25(18)8-9-27-2/h3-5,12,17H,6-11H2,1-2H3,(H,20,26)/p+1/t17-/m1/s1. The fourth-order valence-electron chi connectivity index (χ4n) is 3.83. The van der Waals surface area contributed by atoms with Crippen molar-refractivity contribution in [1.29, 1.82) is 0 Å². The van der Waals surface area contributed by atoms with E-state index in [1.54, 1.807) is 11.8 Å². The SMILES string of the molecule is COCCn1nnnc1[C@@H](c1cc2cccc(C)c2[nH]c1=O)[NH+]1CCOCC1. The van der Waals surface area contributed by atoms with Crippen molar-refractivity contribution in [3.8, 4) is 0 Å². The van der Waals surface area contributed by atoms with E-state index in [-0.39, 0.29) is 11.6 Å². The van der Waals surface area contributed by atoms with Gasteiger partial charge >= 0.3 is 0 Å². The normalized spacial score (nSPS) is 16.5. The van der Waals surface area contributed by atoms with Crippen LogP contribution in [0.2, 0.25) is 0 Å². The second-order valence-corrected chi connectivity index (χ2v) is 7.05. The molecule has 1 aliphatic rings. The summed E-state index contributed by atoms with van der Waals surface area (Å²) in [4.78, 5) is 17.4. The monoisotopic (exact) mass is 385 g/mol. The Labute approximate surface area is 162 Å². The van der Waals surface area contributed by atoms with E-state index in [2.05, 4.69) is 20.5 Å². The first-order valence-corrected chi connectivity index (χ1v) is 9.49. The Hall–Kier alpha value is -2.62. The molecule has 1 fully saturated rings. The highest BCUT2D eigenvalue weighted by Gasteiger charge is 2.35. The summed E-state index contributed by atoms with van der Waals surface area (Å²) in [5.41, 5.74) is 2.47. The van der Waals surface area contributed by atoms with Gasteiger partial charge < -0.3 is 19.4 Å². The summed E-state index contributed by atoms with van der Waals surface area (Å²) in [6, 6.07) is 7.71. The third-order valence-electron chi connectivity index (χ3n) is 5.30. The van der Waals surface area contributed by atoms with Crippen molar-refractivity contribution in [3.63, 3.8) is 0 Å². The number of aromatic amines is 1. The molecule has 1 aromatic carbocycles. The average molecular weight is 385 g/mol. The highest BCUT2D eigenvalue weighted by molar-refractivity contribution is 5.82. The maximum absolute atomic E-state index is 13.1. The fourth-order valence-corrected chi connectivity index (χ4v) is 3.83. The number of benzene rings is 1. The minimum absolute atomic E-state index is 0.105. The number of fused-ring (bicyclic) bond motifs is 1. The van der Waals surface area contributed by atoms with E-state index < -0.39 is 0 Å². The van der Waals surface area contributed by atoms with E-state index in [1.807, 2.05) is 31.2 Å². The number of methoxy groups -OCH3 is 1. The Balaban J connectivity index is 1.84. The van der Waals surface area contributed by atoms with Gasteiger partial charge in [0, 0.05) is 7.11 Å². The van der Waals surface area contributed by atoms with Gasteiger partial charge in [-0.1, -0.05) is 18.2 Å². The summed E-state index contributed by atoms with van der Waals surface area (Å²) in [5, 5.41) is 13.3. The van der Waals surface area contributed by atoms with Gasteiger partial charge in [-0.05, 0) is 34.4 Å². The van der Waals surface area contributed by atoms with Crippen LogP contribution >= 0.6 is 0 Å². The first-order chi connectivity index (χ1) is 13.7. The van der Waals surface area contributed by atoms with E-state index in [4.69, 9.17) is 9.47 Å². The van der Waals surface area contributed by atoms with Crippen molar-refractivity contribution in [2.45, 2.75) is 19.5 Å². The Kier molecular flexibility index (Phi) is 5.47. The average Bonchev–Trinajstić information content (AvgIpc) is 3.17. The lowest BCUT2D eigenvalue weighted by Crippen LogP contribution is -3.14. The number of para-hydroxylation sites is 1. The number of pyridine rings is 1. The van der Waals surface area contributed by atoms with Crippen LogP contribution in [0.25, 0.3) is 10.9 Å². The molecule has 1 atom stereocenters. The number of ether oxygens (including phenoxy) is 2. The second kappa shape index (κ2) is 8.17. The molecule has 9 nitrogen and oxygen atoms in total. The van der Waals surface area contributed by atoms with Crippen molar-refractivity contribution in [2.24, 2.45) is 0 Å². The number of aryl methyl sites for hydroxylation is 1. The number of hydrogen-bond acceptors (Lipinski definition) is 6. The van der Waals surface area contributed by atoms with Gasteiger partial charge in [0.25, 0.3) is 5.56 Å². The molecule has 0 bridgehead atoms. The van der Waals surface area contributed by atoms with Crippen LogP contribution in [-0.2, 0) is 16.0 Å². The molecule has 1 aliphatic heterocycles. The molecule has 0 amide bonds. The van der Waals surface area contributed by atoms with Crippen molar-refractivity contribution in [1.82, 2.24) is 25.2 Å². The van der Waals surface area contributed by atoms with Gasteiger partial charge in [0.1, 0.15) is 13.1 Å². The molecule has 0 saturated carbocycles. The number of rotatable bonds is 6. The van der Waals surface area contributed by atoms with E-state index >= 15 is 0 Å². The van der Waals surface area contributed by atoms with Gasteiger partial charge in [0.2, 0.25) is 5.82 Å². The maximum Gasteiger partial charge on any atom is 0.258 e. The van der Waals surface area contributed by atoms with Crippen LogP contribution in [-0.4, -0.2) is 65.2 Å². The van der Waals surface area contributed by atoms with Crippen LogP contribution in [0.5, 0.6) is 0 Å². The summed E-state index contributed by atoms with van der Waals surface area (Å²) >= 11 is 0. The molecule has 0 spiro atoms. The summed E-state index contributed by atoms with van der Waals surface area (Å²) in [6.45, 7) is 5.89. The lowest BCUT2D eigenvalue weighted by Gasteiger charge is -2.30. The van der Waals surface area contributed by atoms with Crippen LogP contribution in [0.4, 0.5) is 0 Å². The summed E-state index contributed by atoms with van der Waals surface area (Å²) in [7, 11) is 1.64. The first kappa shape index (κ1) is 18.7. The minimum Gasteiger partial charge on any atom is -0.383 e. The molecule has 3 aromatic rings. The topological polar surface area (TPSA) is 99.4 Å². The summed E-state index contributed by atoms with van der Waals surface area (Å²) in [5.74, 6) is 0.673. The van der Waals surface area contributed by atoms with Crippen LogP contribution in [0.1, 0.15) is 23.0 Å². The molecule has 3 heterocycles. The van der Waals surface area contributed by atoms with Crippen molar-refractivity contribution in [2.75, 3.05) is 40.0 Å². The number of nitrogens with one attached hydrogen (secondary N) is 2. The maximum atomic E-state index is 13.1. The Morgan fingerprint density at radius 1 is 1.36 bits per heavy atom. The van der Waals surface area contributed by atoms with Gasteiger partial charge in [-0.25, -0.2) is 4.68 Å². The molecule has 2 aromatic heterocycles. The zero-order valence-corrected chi connectivity index (χ0v) is 16.1. The number of H-pyrrole nitrogens is 1. The Morgan fingerprint density at radius 2 is 2.18 bits per heavy atom. The summed E-state index contributed by atoms with van der Waals surface area (Å²) in [6.07, 6.45) is 0. The lowest BCUT2D eigenvalue weighted by atomic mass is 10.0. The summed E-state index contributed by atoms with van der Waals surface area (Å²) < 4.78 is 12.4. The molecule has 0 radical (unpaired) electrons.